The SMILES string of the molecule is N[C@@H]1CCCN(CC(=O)Nc2ccccc2Br)C1. The molecule has 1 aliphatic rings. The molecule has 0 spiro atoms. The van der Waals surface area contributed by atoms with Gasteiger partial charge in [-0.05, 0) is 47.4 Å². The third-order valence-electron chi connectivity index (χ3n) is 3.06. The standard InChI is InChI=1S/C13H18BrN3O/c14-11-5-1-2-6-12(11)16-13(18)9-17-7-3-4-10(15)8-17/h1-2,5-6,10H,3-4,7-9,15H2,(H,16,18)/t10-/m1/s1. The Kier molecular flexibility index (Phi) is 4.74. The zero-order chi connectivity index (χ0) is 13.0. The number of halogens is 1. The number of amides is 1. The van der Waals surface area contributed by atoms with Gasteiger partial charge in [0.25, 0.3) is 0 Å². The maximum absolute atomic E-state index is 11.9. The lowest BCUT2D eigenvalue weighted by Crippen LogP contribution is -2.45. The van der Waals surface area contributed by atoms with Crippen molar-refractivity contribution in [3.05, 3.63) is 28.7 Å². The fourth-order valence-electron chi connectivity index (χ4n) is 2.19. The van der Waals surface area contributed by atoms with Gasteiger partial charge in [0.2, 0.25) is 5.91 Å². The van der Waals surface area contributed by atoms with Crippen LogP contribution >= 0.6 is 15.9 Å². The van der Waals surface area contributed by atoms with Gasteiger partial charge < -0.3 is 11.1 Å². The molecule has 2 rings (SSSR count). The van der Waals surface area contributed by atoms with E-state index in [1.165, 1.54) is 0 Å². The van der Waals surface area contributed by atoms with E-state index in [2.05, 4.69) is 26.1 Å². The van der Waals surface area contributed by atoms with Crippen molar-refractivity contribution in [1.82, 2.24) is 4.90 Å². The van der Waals surface area contributed by atoms with Crippen molar-refractivity contribution < 1.29 is 4.79 Å². The number of nitrogens with zero attached hydrogens (tertiary/aromatic N) is 1. The molecule has 0 aliphatic carbocycles. The van der Waals surface area contributed by atoms with Crippen LogP contribution in [0, 0.1) is 0 Å². The van der Waals surface area contributed by atoms with Crippen molar-refractivity contribution in [3.63, 3.8) is 0 Å². The number of carbonyl (C=O) groups excluding carboxylic acids is 1. The number of rotatable bonds is 3. The van der Waals surface area contributed by atoms with Crippen LogP contribution in [0.4, 0.5) is 5.69 Å². The minimum absolute atomic E-state index is 0.0102. The van der Waals surface area contributed by atoms with Crippen molar-refractivity contribution in [3.8, 4) is 0 Å². The van der Waals surface area contributed by atoms with E-state index >= 15 is 0 Å². The normalized spacial score (nSPS) is 20.7. The molecule has 18 heavy (non-hydrogen) atoms. The Labute approximate surface area is 116 Å². The Hall–Kier alpha value is -0.910. The van der Waals surface area contributed by atoms with Gasteiger partial charge in [-0.25, -0.2) is 0 Å². The number of nitrogens with one attached hydrogen (secondary N) is 1. The quantitative estimate of drug-likeness (QED) is 0.895. The maximum atomic E-state index is 11.9. The lowest BCUT2D eigenvalue weighted by atomic mass is 10.1. The zero-order valence-corrected chi connectivity index (χ0v) is 11.8. The molecular formula is C13H18BrN3O. The Bertz CT molecular complexity index is 424. The average molecular weight is 312 g/mol. The zero-order valence-electron chi connectivity index (χ0n) is 10.2. The fraction of sp³-hybridized carbons (Fsp3) is 0.462. The van der Waals surface area contributed by atoms with E-state index in [9.17, 15) is 4.79 Å². The molecule has 4 nitrogen and oxygen atoms in total. The van der Waals surface area contributed by atoms with Gasteiger partial charge in [0.05, 0.1) is 12.2 Å². The summed E-state index contributed by atoms with van der Waals surface area (Å²) < 4.78 is 0.897. The van der Waals surface area contributed by atoms with E-state index in [0.717, 1.165) is 36.1 Å². The number of carbonyl (C=O) groups is 1. The molecule has 98 valence electrons. The smallest absolute Gasteiger partial charge is 0.238 e. The molecule has 1 aromatic rings. The molecule has 0 unspecified atom stereocenters. The first kappa shape index (κ1) is 13.5. The van der Waals surface area contributed by atoms with E-state index < -0.39 is 0 Å². The second kappa shape index (κ2) is 6.31. The van der Waals surface area contributed by atoms with Gasteiger partial charge in [-0.2, -0.15) is 0 Å². The molecule has 1 saturated heterocycles. The number of para-hydroxylation sites is 1. The number of likely N-dealkylation sites (tertiary alicyclic amines) is 1. The first-order valence-corrected chi connectivity index (χ1v) is 6.97. The highest BCUT2D eigenvalue weighted by Gasteiger charge is 2.18. The topological polar surface area (TPSA) is 58.4 Å². The third kappa shape index (κ3) is 3.80. The molecule has 5 heteroatoms. The minimum atomic E-state index is 0.0102. The summed E-state index contributed by atoms with van der Waals surface area (Å²) in [4.78, 5) is 14.0. The van der Waals surface area contributed by atoms with E-state index in [4.69, 9.17) is 5.73 Å². The van der Waals surface area contributed by atoms with E-state index in [1.54, 1.807) is 0 Å². The van der Waals surface area contributed by atoms with Gasteiger partial charge in [-0.3, -0.25) is 9.69 Å². The molecule has 0 aromatic heterocycles. The van der Waals surface area contributed by atoms with Gasteiger partial charge in [0.1, 0.15) is 0 Å². The van der Waals surface area contributed by atoms with Gasteiger partial charge in [0.15, 0.2) is 0 Å². The van der Waals surface area contributed by atoms with Crippen LogP contribution in [0.25, 0.3) is 0 Å². The Morgan fingerprint density at radius 2 is 2.28 bits per heavy atom. The summed E-state index contributed by atoms with van der Waals surface area (Å²) in [5.41, 5.74) is 6.71. The number of benzene rings is 1. The molecule has 3 N–H and O–H groups in total. The van der Waals surface area contributed by atoms with Crippen molar-refractivity contribution >= 4 is 27.5 Å². The van der Waals surface area contributed by atoms with E-state index in [0.29, 0.717) is 6.54 Å². The maximum Gasteiger partial charge on any atom is 0.238 e. The van der Waals surface area contributed by atoms with Crippen LogP contribution in [-0.2, 0) is 4.79 Å². The third-order valence-corrected chi connectivity index (χ3v) is 3.75. The van der Waals surface area contributed by atoms with Crippen molar-refractivity contribution in [2.24, 2.45) is 5.73 Å². The summed E-state index contributed by atoms with van der Waals surface area (Å²) >= 11 is 3.41. The van der Waals surface area contributed by atoms with Gasteiger partial charge in [-0.1, -0.05) is 12.1 Å². The fourth-order valence-corrected chi connectivity index (χ4v) is 2.57. The van der Waals surface area contributed by atoms with Crippen LogP contribution < -0.4 is 11.1 Å². The van der Waals surface area contributed by atoms with Gasteiger partial charge >= 0.3 is 0 Å². The number of hydrogen-bond acceptors (Lipinski definition) is 3. The lowest BCUT2D eigenvalue weighted by Gasteiger charge is -2.29. The number of piperidine rings is 1. The Morgan fingerprint density at radius 3 is 3.00 bits per heavy atom. The Morgan fingerprint density at radius 1 is 1.50 bits per heavy atom. The first-order valence-electron chi connectivity index (χ1n) is 6.17. The van der Waals surface area contributed by atoms with Crippen LogP contribution in [-0.4, -0.2) is 36.5 Å². The molecule has 1 aliphatic heterocycles. The van der Waals surface area contributed by atoms with E-state index in [1.807, 2.05) is 24.3 Å². The summed E-state index contributed by atoms with van der Waals surface area (Å²) in [5, 5.41) is 2.90. The molecule has 0 bridgehead atoms. The predicted octanol–water partition coefficient (Wildman–Crippen LogP) is 1.81. The van der Waals surface area contributed by atoms with Crippen molar-refractivity contribution in [2.45, 2.75) is 18.9 Å². The van der Waals surface area contributed by atoms with Crippen LogP contribution in [0.2, 0.25) is 0 Å². The Balaban J connectivity index is 1.87. The second-order valence-corrected chi connectivity index (χ2v) is 5.52. The van der Waals surface area contributed by atoms with Gasteiger partial charge in [-0.15, -0.1) is 0 Å². The van der Waals surface area contributed by atoms with Crippen LogP contribution in [0.1, 0.15) is 12.8 Å². The minimum Gasteiger partial charge on any atom is -0.327 e. The van der Waals surface area contributed by atoms with Crippen LogP contribution in [0.3, 0.4) is 0 Å². The molecule has 1 aromatic carbocycles. The second-order valence-electron chi connectivity index (χ2n) is 4.67. The monoisotopic (exact) mass is 311 g/mol. The summed E-state index contributed by atoms with van der Waals surface area (Å²) in [6.45, 7) is 2.18. The predicted molar refractivity (Wildman–Crippen MR) is 76.4 cm³/mol. The number of hydrogen-bond donors (Lipinski definition) is 2. The van der Waals surface area contributed by atoms with E-state index in [-0.39, 0.29) is 11.9 Å². The highest BCUT2D eigenvalue weighted by atomic mass is 79.9. The van der Waals surface area contributed by atoms with Crippen molar-refractivity contribution in [2.75, 3.05) is 25.0 Å². The molecule has 1 fully saturated rings. The molecule has 1 atom stereocenters. The van der Waals surface area contributed by atoms with Crippen LogP contribution in [0.5, 0.6) is 0 Å². The molecular weight excluding hydrogens is 294 g/mol. The first-order chi connectivity index (χ1) is 8.65. The van der Waals surface area contributed by atoms with Crippen LogP contribution in [0.15, 0.2) is 28.7 Å². The highest BCUT2D eigenvalue weighted by Crippen LogP contribution is 2.21. The number of anilines is 1. The summed E-state index contributed by atoms with van der Waals surface area (Å²) in [6, 6.07) is 7.81. The molecule has 0 saturated carbocycles. The van der Waals surface area contributed by atoms with Crippen molar-refractivity contribution in [1.29, 1.82) is 0 Å². The average Bonchev–Trinajstić information content (AvgIpc) is 2.32. The largest absolute Gasteiger partial charge is 0.327 e. The summed E-state index contributed by atoms with van der Waals surface area (Å²) in [5.74, 6) is 0.0102. The lowest BCUT2D eigenvalue weighted by molar-refractivity contribution is -0.117. The number of nitrogens with two attached hydrogens (primary N) is 1. The summed E-state index contributed by atoms with van der Waals surface area (Å²) in [7, 11) is 0. The molecule has 0 radical (unpaired) electrons. The van der Waals surface area contributed by atoms with Gasteiger partial charge in [0, 0.05) is 17.1 Å². The summed E-state index contributed by atoms with van der Waals surface area (Å²) in [6.07, 6.45) is 2.13. The molecule has 1 heterocycles. The highest BCUT2D eigenvalue weighted by molar-refractivity contribution is 9.10. The molecule has 1 amide bonds.